The molecule has 0 aromatic heterocycles. The van der Waals surface area contributed by atoms with Crippen LogP contribution >= 0.6 is 24.8 Å². The van der Waals surface area contributed by atoms with Gasteiger partial charge in [0.05, 0.1) is 11.6 Å². The van der Waals surface area contributed by atoms with Gasteiger partial charge in [0.1, 0.15) is 12.4 Å². The van der Waals surface area contributed by atoms with Crippen LogP contribution in [0.1, 0.15) is 18.4 Å². The minimum Gasteiger partial charge on any atom is -0.490 e. The van der Waals surface area contributed by atoms with Crippen LogP contribution in [-0.2, 0) is 4.79 Å². The summed E-state index contributed by atoms with van der Waals surface area (Å²) in [5, 5.41) is 6.30. The molecule has 138 valence electrons. The van der Waals surface area contributed by atoms with Crippen LogP contribution in [0.25, 0.3) is 0 Å². The van der Waals surface area contributed by atoms with E-state index in [1.807, 2.05) is 39.2 Å². The molecule has 1 aliphatic rings. The average Bonchev–Trinajstić information content (AvgIpc) is 2.50. The van der Waals surface area contributed by atoms with Gasteiger partial charge in [-0.05, 0) is 58.1 Å². The standard InChI is InChI=1S/C17H27N3O2.2ClH/c1-13-6-7-15(16(11-13)22-10-9-20(2)3)19-17(21)14-5-4-8-18-12-14;;/h6-7,11,14,18H,4-5,8-10,12H2,1-3H3,(H,19,21);2*1H. The molecule has 1 saturated heterocycles. The van der Waals surface area contributed by atoms with Crippen molar-refractivity contribution in [2.45, 2.75) is 19.8 Å². The quantitative estimate of drug-likeness (QED) is 0.799. The Labute approximate surface area is 157 Å². The van der Waals surface area contributed by atoms with Gasteiger partial charge in [-0.3, -0.25) is 4.79 Å². The van der Waals surface area contributed by atoms with E-state index < -0.39 is 0 Å². The first-order chi connectivity index (χ1) is 10.6. The van der Waals surface area contributed by atoms with Gasteiger partial charge in [-0.1, -0.05) is 6.07 Å². The lowest BCUT2D eigenvalue weighted by Crippen LogP contribution is -2.37. The minimum absolute atomic E-state index is 0. The Bertz CT molecular complexity index is 507. The number of nitrogens with one attached hydrogen (secondary N) is 2. The summed E-state index contributed by atoms with van der Waals surface area (Å²) in [7, 11) is 4.02. The third-order valence-electron chi connectivity index (χ3n) is 3.86. The summed E-state index contributed by atoms with van der Waals surface area (Å²) in [6.07, 6.45) is 2.00. The maximum Gasteiger partial charge on any atom is 0.228 e. The third kappa shape index (κ3) is 7.26. The van der Waals surface area contributed by atoms with Crippen LogP contribution in [0.2, 0.25) is 0 Å². The summed E-state index contributed by atoms with van der Waals surface area (Å²) in [4.78, 5) is 14.4. The summed E-state index contributed by atoms with van der Waals surface area (Å²) in [5.74, 6) is 0.872. The van der Waals surface area contributed by atoms with E-state index in [1.165, 1.54) is 0 Å². The van der Waals surface area contributed by atoms with Crippen molar-refractivity contribution in [2.24, 2.45) is 5.92 Å². The lowest BCUT2D eigenvalue weighted by molar-refractivity contribution is -0.120. The number of likely N-dealkylation sites (N-methyl/N-ethyl adjacent to an activating group) is 1. The van der Waals surface area contributed by atoms with Crippen LogP contribution < -0.4 is 15.4 Å². The van der Waals surface area contributed by atoms with Crippen LogP contribution in [0.4, 0.5) is 5.69 Å². The van der Waals surface area contributed by atoms with E-state index in [-0.39, 0.29) is 36.6 Å². The summed E-state index contributed by atoms with van der Waals surface area (Å²) >= 11 is 0. The fraction of sp³-hybridized carbons (Fsp3) is 0.588. The number of piperidine rings is 1. The average molecular weight is 378 g/mol. The number of halogens is 2. The van der Waals surface area contributed by atoms with E-state index in [1.54, 1.807) is 0 Å². The van der Waals surface area contributed by atoms with Crippen molar-refractivity contribution in [3.05, 3.63) is 23.8 Å². The highest BCUT2D eigenvalue weighted by atomic mass is 35.5. The van der Waals surface area contributed by atoms with Gasteiger partial charge in [0.2, 0.25) is 5.91 Å². The van der Waals surface area contributed by atoms with Crippen LogP contribution in [-0.4, -0.2) is 51.1 Å². The van der Waals surface area contributed by atoms with E-state index in [2.05, 4.69) is 15.5 Å². The number of benzene rings is 1. The van der Waals surface area contributed by atoms with Gasteiger partial charge in [0, 0.05) is 13.1 Å². The van der Waals surface area contributed by atoms with E-state index in [0.29, 0.717) is 6.61 Å². The van der Waals surface area contributed by atoms with E-state index >= 15 is 0 Å². The molecule has 0 saturated carbocycles. The van der Waals surface area contributed by atoms with Gasteiger partial charge in [0.25, 0.3) is 0 Å². The summed E-state index contributed by atoms with van der Waals surface area (Å²) in [6.45, 7) is 5.23. The maximum absolute atomic E-state index is 12.4. The number of hydrogen-bond donors (Lipinski definition) is 2. The first-order valence-corrected chi connectivity index (χ1v) is 7.96. The maximum atomic E-state index is 12.4. The summed E-state index contributed by atoms with van der Waals surface area (Å²) < 4.78 is 5.85. The molecule has 1 atom stereocenters. The summed E-state index contributed by atoms with van der Waals surface area (Å²) in [5.41, 5.74) is 1.89. The lowest BCUT2D eigenvalue weighted by Gasteiger charge is -2.22. The fourth-order valence-corrected chi connectivity index (χ4v) is 2.50. The zero-order chi connectivity index (χ0) is 15.9. The van der Waals surface area contributed by atoms with Crippen LogP contribution in [0.3, 0.4) is 0 Å². The monoisotopic (exact) mass is 377 g/mol. The number of anilines is 1. The SMILES string of the molecule is Cc1ccc(NC(=O)C2CCCNC2)c(OCCN(C)C)c1.Cl.Cl. The molecule has 0 bridgehead atoms. The first-order valence-electron chi connectivity index (χ1n) is 7.96. The zero-order valence-corrected chi connectivity index (χ0v) is 16.3. The Morgan fingerprint density at radius 2 is 2.12 bits per heavy atom. The Kier molecular flexibility index (Phi) is 11.0. The van der Waals surface area contributed by atoms with Crippen molar-refractivity contribution in [3.63, 3.8) is 0 Å². The largest absolute Gasteiger partial charge is 0.490 e. The second kappa shape index (κ2) is 11.5. The molecule has 24 heavy (non-hydrogen) atoms. The number of nitrogens with zero attached hydrogens (tertiary/aromatic N) is 1. The van der Waals surface area contributed by atoms with E-state index in [9.17, 15) is 4.79 Å². The number of amides is 1. The normalized spacial score (nSPS) is 16.8. The second-order valence-electron chi connectivity index (χ2n) is 6.18. The number of carbonyl (C=O) groups excluding carboxylic acids is 1. The molecule has 7 heteroatoms. The molecule has 2 N–H and O–H groups in total. The second-order valence-corrected chi connectivity index (χ2v) is 6.18. The Morgan fingerprint density at radius 1 is 1.38 bits per heavy atom. The van der Waals surface area contributed by atoms with Crippen LogP contribution in [0.5, 0.6) is 5.75 Å². The molecule has 0 aliphatic carbocycles. The third-order valence-corrected chi connectivity index (χ3v) is 3.86. The number of ether oxygens (including phenoxy) is 1. The number of hydrogen-bond acceptors (Lipinski definition) is 4. The van der Waals surface area contributed by atoms with Crippen LogP contribution in [0.15, 0.2) is 18.2 Å². The lowest BCUT2D eigenvalue weighted by atomic mass is 9.98. The van der Waals surface area contributed by atoms with Crippen molar-refractivity contribution in [1.29, 1.82) is 0 Å². The predicted molar refractivity (Wildman–Crippen MR) is 104 cm³/mol. The van der Waals surface area contributed by atoms with Gasteiger partial charge in [-0.2, -0.15) is 0 Å². The van der Waals surface area contributed by atoms with E-state index in [4.69, 9.17) is 4.74 Å². The molecule has 1 heterocycles. The predicted octanol–water partition coefficient (Wildman–Crippen LogP) is 2.72. The molecule has 5 nitrogen and oxygen atoms in total. The van der Waals surface area contributed by atoms with E-state index in [0.717, 1.165) is 49.5 Å². The minimum atomic E-state index is 0. The number of aryl methyl sites for hydroxylation is 1. The molecule has 0 radical (unpaired) electrons. The molecule has 1 fully saturated rings. The van der Waals surface area contributed by atoms with Crippen molar-refractivity contribution in [1.82, 2.24) is 10.2 Å². The Morgan fingerprint density at radius 3 is 2.75 bits per heavy atom. The molecule has 1 amide bonds. The van der Waals surface area contributed by atoms with Gasteiger partial charge in [-0.25, -0.2) is 0 Å². The highest BCUT2D eigenvalue weighted by molar-refractivity contribution is 5.94. The molecule has 2 rings (SSSR count). The highest BCUT2D eigenvalue weighted by Crippen LogP contribution is 2.27. The molecule has 1 unspecified atom stereocenters. The molecular formula is C17H29Cl2N3O2. The highest BCUT2D eigenvalue weighted by Gasteiger charge is 2.21. The molecule has 1 aromatic carbocycles. The van der Waals surface area contributed by atoms with Crippen molar-refractivity contribution >= 4 is 36.4 Å². The number of carbonyl (C=O) groups is 1. The van der Waals surface area contributed by atoms with Gasteiger partial charge in [0.15, 0.2) is 0 Å². The zero-order valence-electron chi connectivity index (χ0n) is 14.6. The molecular weight excluding hydrogens is 349 g/mol. The Hall–Kier alpha value is -1.01. The van der Waals surface area contributed by atoms with Gasteiger partial charge in [-0.15, -0.1) is 24.8 Å². The summed E-state index contributed by atoms with van der Waals surface area (Å²) in [6, 6.07) is 5.90. The smallest absolute Gasteiger partial charge is 0.228 e. The number of rotatable bonds is 6. The fourth-order valence-electron chi connectivity index (χ4n) is 2.50. The molecule has 1 aromatic rings. The Balaban J connectivity index is 0.00000264. The van der Waals surface area contributed by atoms with Crippen molar-refractivity contribution in [3.8, 4) is 5.75 Å². The topological polar surface area (TPSA) is 53.6 Å². The van der Waals surface area contributed by atoms with Crippen molar-refractivity contribution in [2.75, 3.05) is 45.7 Å². The molecule has 1 aliphatic heterocycles. The van der Waals surface area contributed by atoms with Crippen LogP contribution in [0, 0.1) is 12.8 Å². The van der Waals surface area contributed by atoms with Crippen molar-refractivity contribution < 1.29 is 9.53 Å². The van der Waals surface area contributed by atoms with Gasteiger partial charge >= 0.3 is 0 Å². The molecule has 0 spiro atoms. The first kappa shape index (κ1) is 23.0. The van der Waals surface area contributed by atoms with Gasteiger partial charge < -0.3 is 20.3 Å².